The van der Waals surface area contributed by atoms with Crippen molar-refractivity contribution < 1.29 is 13.9 Å². The highest BCUT2D eigenvalue weighted by molar-refractivity contribution is 9.10. The second-order valence-electron chi connectivity index (χ2n) is 3.57. The number of nitrogens with two attached hydrogens (primary N) is 1. The van der Waals surface area contributed by atoms with E-state index in [9.17, 15) is 9.18 Å². The number of rotatable bonds is 3. The molecule has 0 saturated carbocycles. The highest BCUT2D eigenvalue weighted by Crippen LogP contribution is 2.26. The van der Waals surface area contributed by atoms with Crippen LogP contribution in [0.1, 0.15) is 10.4 Å². The molecule has 18 heavy (non-hydrogen) atoms. The Hall–Kier alpha value is -1.88. The molecule has 0 spiro atoms. The summed E-state index contributed by atoms with van der Waals surface area (Å²) in [5, 5.41) is 0. The fourth-order valence-electron chi connectivity index (χ4n) is 1.36. The summed E-state index contributed by atoms with van der Waals surface area (Å²) in [5.41, 5.74) is 5.53. The molecule has 0 aliphatic rings. The van der Waals surface area contributed by atoms with Crippen LogP contribution >= 0.6 is 15.9 Å². The van der Waals surface area contributed by atoms with E-state index in [0.717, 1.165) is 0 Å². The van der Waals surface area contributed by atoms with Crippen LogP contribution < -0.4 is 10.5 Å². The molecule has 0 aliphatic carbocycles. The molecule has 0 bridgehead atoms. The highest BCUT2D eigenvalue weighted by atomic mass is 79.9. The summed E-state index contributed by atoms with van der Waals surface area (Å²) in [6, 6.07) is 10.7. The van der Waals surface area contributed by atoms with E-state index >= 15 is 0 Å². The van der Waals surface area contributed by atoms with Crippen molar-refractivity contribution in [2.45, 2.75) is 0 Å². The number of benzene rings is 2. The summed E-state index contributed by atoms with van der Waals surface area (Å²) in [5.74, 6) is 0.186. The van der Waals surface area contributed by atoms with Crippen LogP contribution in [0.4, 0.5) is 4.39 Å². The van der Waals surface area contributed by atoms with Crippen LogP contribution in [0.3, 0.4) is 0 Å². The molecule has 0 fully saturated rings. The Morgan fingerprint density at radius 2 is 1.72 bits per heavy atom. The number of primary amides is 1. The first-order chi connectivity index (χ1) is 8.56. The molecule has 3 nitrogen and oxygen atoms in total. The average molecular weight is 310 g/mol. The molecule has 2 N–H and O–H groups in total. The first-order valence-electron chi connectivity index (χ1n) is 5.09. The molecule has 92 valence electrons. The largest absolute Gasteiger partial charge is 0.457 e. The van der Waals surface area contributed by atoms with Gasteiger partial charge in [0.25, 0.3) is 0 Å². The standard InChI is InChI=1S/C13H9BrFNO2/c14-11-7-10(5-6-12(11)15)18-9-3-1-8(2-4-9)13(16)17/h1-7H,(H2,16,17). The minimum absolute atomic E-state index is 0.328. The topological polar surface area (TPSA) is 52.3 Å². The van der Waals surface area contributed by atoms with Gasteiger partial charge in [0.15, 0.2) is 0 Å². The minimum Gasteiger partial charge on any atom is -0.457 e. The minimum atomic E-state index is -0.494. The molecule has 0 atom stereocenters. The van der Waals surface area contributed by atoms with Gasteiger partial charge >= 0.3 is 0 Å². The highest BCUT2D eigenvalue weighted by Gasteiger charge is 2.04. The van der Waals surface area contributed by atoms with E-state index in [0.29, 0.717) is 21.5 Å². The van der Waals surface area contributed by atoms with Crippen molar-refractivity contribution in [1.29, 1.82) is 0 Å². The molecule has 1 amide bonds. The third kappa shape index (κ3) is 2.87. The third-order valence-electron chi connectivity index (χ3n) is 2.27. The predicted octanol–water partition coefficient (Wildman–Crippen LogP) is 3.48. The zero-order chi connectivity index (χ0) is 13.1. The molecule has 0 saturated heterocycles. The third-order valence-corrected chi connectivity index (χ3v) is 2.87. The van der Waals surface area contributed by atoms with Crippen LogP contribution in [0.2, 0.25) is 0 Å². The fourth-order valence-corrected chi connectivity index (χ4v) is 1.72. The van der Waals surface area contributed by atoms with Gasteiger partial charge in [-0.2, -0.15) is 0 Å². The SMILES string of the molecule is NC(=O)c1ccc(Oc2ccc(F)c(Br)c2)cc1. The lowest BCUT2D eigenvalue weighted by Crippen LogP contribution is -2.10. The Morgan fingerprint density at radius 1 is 1.11 bits per heavy atom. The van der Waals surface area contributed by atoms with Crippen molar-refractivity contribution in [2.75, 3.05) is 0 Å². The van der Waals surface area contributed by atoms with E-state index in [1.807, 2.05) is 0 Å². The number of carbonyl (C=O) groups excluding carboxylic acids is 1. The average Bonchev–Trinajstić information content (AvgIpc) is 2.34. The van der Waals surface area contributed by atoms with Gasteiger partial charge in [-0.25, -0.2) is 4.39 Å². The van der Waals surface area contributed by atoms with Gasteiger partial charge in [0.2, 0.25) is 5.91 Å². The Bertz CT molecular complexity index is 584. The molecule has 5 heteroatoms. The number of hydrogen-bond donors (Lipinski definition) is 1. The zero-order valence-corrected chi connectivity index (χ0v) is 10.8. The van der Waals surface area contributed by atoms with Crippen molar-refractivity contribution >= 4 is 21.8 Å². The summed E-state index contributed by atoms with van der Waals surface area (Å²) in [7, 11) is 0. The van der Waals surface area contributed by atoms with Crippen LogP contribution in [0.25, 0.3) is 0 Å². The fraction of sp³-hybridized carbons (Fsp3) is 0. The Morgan fingerprint density at radius 3 is 2.28 bits per heavy atom. The number of ether oxygens (including phenoxy) is 1. The number of halogens is 2. The zero-order valence-electron chi connectivity index (χ0n) is 9.19. The summed E-state index contributed by atoms with van der Waals surface area (Å²) >= 11 is 3.07. The second-order valence-corrected chi connectivity index (χ2v) is 4.42. The van der Waals surface area contributed by atoms with Gasteiger partial charge in [0, 0.05) is 5.56 Å². The maximum atomic E-state index is 13.0. The smallest absolute Gasteiger partial charge is 0.248 e. The van der Waals surface area contributed by atoms with Gasteiger partial charge in [-0.05, 0) is 58.4 Å². The first kappa shape index (κ1) is 12.6. The van der Waals surface area contributed by atoms with E-state index in [1.54, 1.807) is 24.3 Å². The first-order valence-corrected chi connectivity index (χ1v) is 5.88. The normalized spacial score (nSPS) is 10.1. The Labute approximate surface area is 112 Å². The van der Waals surface area contributed by atoms with Crippen LogP contribution in [0, 0.1) is 5.82 Å². The molecule has 0 aromatic heterocycles. The molecule has 2 rings (SSSR count). The van der Waals surface area contributed by atoms with Crippen molar-refractivity contribution in [3.05, 3.63) is 58.3 Å². The quantitative estimate of drug-likeness (QED) is 0.943. The van der Waals surface area contributed by atoms with E-state index in [1.165, 1.54) is 18.2 Å². The van der Waals surface area contributed by atoms with Gasteiger partial charge < -0.3 is 10.5 Å². The monoisotopic (exact) mass is 309 g/mol. The van der Waals surface area contributed by atoms with Gasteiger partial charge in [-0.15, -0.1) is 0 Å². The van der Waals surface area contributed by atoms with Gasteiger partial charge in [-0.3, -0.25) is 4.79 Å². The van der Waals surface area contributed by atoms with Crippen LogP contribution in [0.15, 0.2) is 46.9 Å². The molecule has 0 heterocycles. The second kappa shape index (κ2) is 5.18. The summed E-state index contributed by atoms with van der Waals surface area (Å²) < 4.78 is 18.9. The van der Waals surface area contributed by atoms with E-state index in [4.69, 9.17) is 10.5 Å². The van der Waals surface area contributed by atoms with Gasteiger partial charge in [-0.1, -0.05) is 0 Å². The van der Waals surface area contributed by atoms with E-state index in [2.05, 4.69) is 15.9 Å². The molecule has 0 radical (unpaired) electrons. The van der Waals surface area contributed by atoms with Crippen LogP contribution in [-0.2, 0) is 0 Å². The van der Waals surface area contributed by atoms with Gasteiger partial charge in [0.05, 0.1) is 4.47 Å². The van der Waals surface area contributed by atoms with Crippen LogP contribution in [0.5, 0.6) is 11.5 Å². The maximum Gasteiger partial charge on any atom is 0.248 e. The lowest BCUT2D eigenvalue weighted by atomic mass is 10.2. The van der Waals surface area contributed by atoms with Gasteiger partial charge in [0.1, 0.15) is 17.3 Å². The summed E-state index contributed by atoms with van der Waals surface area (Å²) in [4.78, 5) is 10.9. The van der Waals surface area contributed by atoms with Crippen molar-refractivity contribution in [1.82, 2.24) is 0 Å². The van der Waals surface area contributed by atoms with E-state index < -0.39 is 5.91 Å². The molecular formula is C13H9BrFNO2. The van der Waals surface area contributed by atoms with Crippen LogP contribution in [-0.4, -0.2) is 5.91 Å². The lowest BCUT2D eigenvalue weighted by Gasteiger charge is -2.06. The number of hydrogen-bond acceptors (Lipinski definition) is 2. The van der Waals surface area contributed by atoms with Crippen molar-refractivity contribution in [2.24, 2.45) is 5.73 Å². The Kier molecular flexibility index (Phi) is 3.62. The van der Waals surface area contributed by atoms with E-state index in [-0.39, 0.29) is 5.82 Å². The molecule has 0 aliphatic heterocycles. The van der Waals surface area contributed by atoms with Crippen molar-refractivity contribution in [3.8, 4) is 11.5 Å². The molecule has 0 unspecified atom stereocenters. The van der Waals surface area contributed by atoms with Crippen molar-refractivity contribution in [3.63, 3.8) is 0 Å². The predicted molar refractivity (Wildman–Crippen MR) is 69.1 cm³/mol. The maximum absolute atomic E-state index is 13.0. The Balaban J connectivity index is 2.18. The molecule has 2 aromatic rings. The number of carbonyl (C=O) groups is 1. The summed E-state index contributed by atoms with van der Waals surface area (Å²) in [6.45, 7) is 0. The number of amides is 1. The summed E-state index contributed by atoms with van der Waals surface area (Å²) in [6.07, 6.45) is 0. The lowest BCUT2D eigenvalue weighted by molar-refractivity contribution is 0.100. The molecular weight excluding hydrogens is 301 g/mol. The molecule has 2 aromatic carbocycles.